The van der Waals surface area contributed by atoms with Crippen LogP contribution in [0.5, 0.6) is 0 Å². The molecule has 0 aliphatic carbocycles. The number of hydrogen-bond donors (Lipinski definition) is 2. The van der Waals surface area contributed by atoms with Gasteiger partial charge in [-0.1, -0.05) is 29.8 Å². The molecule has 0 aliphatic rings. The maximum absolute atomic E-state index is 12.5. The fourth-order valence-electron chi connectivity index (χ4n) is 2.37. The lowest BCUT2D eigenvalue weighted by molar-refractivity contribution is 0.0953. The van der Waals surface area contributed by atoms with Crippen LogP contribution in [0.3, 0.4) is 0 Å². The van der Waals surface area contributed by atoms with E-state index in [0.717, 1.165) is 29.9 Å². The highest BCUT2D eigenvalue weighted by Gasteiger charge is 2.12. The minimum Gasteiger partial charge on any atom is -0.355 e. The molecule has 2 N–H and O–H groups in total. The van der Waals surface area contributed by atoms with Crippen LogP contribution in [0, 0.1) is 6.92 Å². The molecule has 1 amide bonds. The molecule has 0 heterocycles. The highest BCUT2D eigenvalue weighted by Crippen LogP contribution is 2.27. The average Bonchev–Trinajstić information content (AvgIpc) is 2.56. The Labute approximate surface area is 148 Å². The normalized spacial score (nSPS) is 10.7. The Morgan fingerprint density at radius 1 is 1.08 bits per heavy atom. The van der Waals surface area contributed by atoms with E-state index in [1.165, 1.54) is 0 Å². The van der Waals surface area contributed by atoms with Crippen molar-refractivity contribution in [1.29, 1.82) is 0 Å². The van der Waals surface area contributed by atoms with Gasteiger partial charge < -0.3 is 15.5 Å². The zero-order valence-corrected chi connectivity index (χ0v) is 15.2. The Morgan fingerprint density at radius 3 is 2.54 bits per heavy atom. The summed E-state index contributed by atoms with van der Waals surface area (Å²) < 4.78 is 0. The van der Waals surface area contributed by atoms with E-state index in [1.807, 2.05) is 63.5 Å². The third-order valence-electron chi connectivity index (χ3n) is 3.78. The van der Waals surface area contributed by atoms with Gasteiger partial charge in [-0.2, -0.15) is 0 Å². The van der Waals surface area contributed by atoms with Crippen LogP contribution in [0.15, 0.2) is 42.5 Å². The van der Waals surface area contributed by atoms with Gasteiger partial charge in [0.1, 0.15) is 0 Å². The molecule has 0 saturated heterocycles. The third-order valence-corrected chi connectivity index (χ3v) is 4.19. The van der Waals surface area contributed by atoms with Crippen LogP contribution in [0.1, 0.15) is 22.3 Å². The van der Waals surface area contributed by atoms with Crippen molar-refractivity contribution in [3.63, 3.8) is 0 Å². The van der Waals surface area contributed by atoms with Gasteiger partial charge in [0.2, 0.25) is 0 Å². The zero-order valence-electron chi connectivity index (χ0n) is 14.4. The Bertz CT molecular complexity index is 701. The molecular formula is C19H24ClN3O. The fourth-order valence-corrected chi connectivity index (χ4v) is 2.55. The van der Waals surface area contributed by atoms with E-state index in [4.69, 9.17) is 11.6 Å². The SMILES string of the molecule is Cc1c(Cl)cccc1Nc1ccccc1C(=O)NCCCN(C)C. The predicted octanol–water partition coefficient (Wildman–Crippen LogP) is 4.07. The average molecular weight is 346 g/mol. The molecule has 2 rings (SSSR count). The van der Waals surface area contributed by atoms with Gasteiger partial charge >= 0.3 is 0 Å². The molecule has 24 heavy (non-hydrogen) atoms. The second kappa shape index (κ2) is 8.71. The Morgan fingerprint density at radius 2 is 1.79 bits per heavy atom. The lowest BCUT2D eigenvalue weighted by Gasteiger charge is -2.15. The summed E-state index contributed by atoms with van der Waals surface area (Å²) in [6, 6.07) is 13.2. The molecule has 0 fully saturated rings. The van der Waals surface area contributed by atoms with Gasteiger partial charge in [0.25, 0.3) is 5.91 Å². The number of carbonyl (C=O) groups excluding carboxylic acids is 1. The molecule has 0 aliphatic heterocycles. The quantitative estimate of drug-likeness (QED) is 0.743. The highest BCUT2D eigenvalue weighted by molar-refractivity contribution is 6.31. The first-order valence-corrected chi connectivity index (χ1v) is 8.41. The Balaban J connectivity index is 2.09. The maximum Gasteiger partial charge on any atom is 0.253 e. The molecule has 0 radical (unpaired) electrons. The summed E-state index contributed by atoms with van der Waals surface area (Å²) in [6.07, 6.45) is 0.918. The minimum absolute atomic E-state index is 0.0727. The van der Waals surface area contributed by atoms with Crippen LogP contribution in [0.4, 0.5) is 11.4 Å². The first-order chi connectivity index (χ1) is 11.5. The molecule has 0 aromatic heterocycles. The maximum atomic E-state index is 12.5. The number of amides is 1. The fraction of sp³-hybridized carbons (Fsp3) is 0.316. The molecular weight excluding hydrogens is 322 g/mol. The van der Waals surface area contributed by atoms with Gasteiger partial charge in [-0.05, 0) is 63.8 Å². The number of nitrogens with zero attached hydrogens (tertiary/aromatic N) is 1. The number of carbonyl (C=O) groups is 1. The van der Waals surface area contributed by atoms with Crippen LogP contribution in [0.2, 0.25) is 5.02 Å². The van der Waals surface area contributed by atoms with Crippen molar-refractivity contribution >= 4 is 28.9 Å². The van der Waals surface area contributed by atoms with E-state index < -0.39 is 0 Å². The lowest BCUT2D eigenvalue weighted by atomic mass is 10.1. The number of para-hydroxylation sites is 1. The van der Waals surface area contributed by atoms with Crippen molar-refractivity contribution in [2.24, 2.45) is 0 Å². The van der Waals surface area contributed by atoms with Crippen LogP contribution in [-0.2, 0) is 0 Å². The summed E-state index contributed by atoms with van der Waals surface area (Å²) in [5, 5.41) is 6.99. The summed E-state index contributed by atoms with van der Waals surface area (Å²) in [5.74, 6) is -0.0727. The summed E-state index contributed by atoms with van der Waals surface area (Å²) in [4.78, 5) is 14.6. The van der Waals surface area contributed by atoms with Crippen molar-refractivity contribution in [2.45, 2.75) is 13.3 Å². The predicted molar refractivity (Wildman–Crippen MR) is 101 cm³/mol. The Kier molecular flexibility index (Phi) is 6.64. The molecule has 0 bridgehead atoms. The standard InChI is InChI=1S/C19H24ClN3O/c1-14-16(20)9-6-11-17(14)22-18-10-5-4-8-15(18)19(24)21-12-7-13-23(2)3/h4-6,8-11,22H,7,12-13H2,1-3H3,(H,21,24). The van der Waals surface area contributed by atoms with Crippen LogP contribution in [-0.4, -0.2) is 38.0 Å². The number of rotatable bonds is 7. The number of halogens is 1. The minimum atomic E-state index is -0.0727. The van der Waals surface area contributed by atoms with Gasteiger partial charge in [0, 0.05) is 17.3 Å². The lowest BCUT2D eigenvalue weighted by Crippen LogP contribution is -2.27. The van der Waals surface area contributed by atoms with Crippen molar-refractivity contribution in [3.05, 3.63) is 58.6 Å². The van der Waals surface area contributed by atoms with E-state index in [2.05, 4.69) is 15.5 Å². The second-order valence-corrected chi connectivity index (χ2v) is 6.40. The smallest absolute Gasteiger partial charge is 0.253 e. The van der Waals surface area contributed by atoms with E-state index in [9.17, 15) is 4.79 Å². The summed E-state index contributed by atoms with van der Waals surface area (Å²) in [7, 11) is 4.04. The third kappa shape index (κ3) is 4.98. The molecule has 2 aromatic rings. The van der Waals surface area contributed by atoms with Crippen molar-refractivity contribution in [2.75, 3.05) is 32.5 Å². The number of hydrogen-bond acceptors (Lipinski definition) is 3. The zero-order chi connectivity index (χ0) is 17.5. The topological polar surface area (TPSA) is 44.4 Å². The van der Waals surface area contributed by atoms with Crippen LogP contribution < -0.4 is 10.6 Å². The molecule has 0 spiro atoms. The molecule has 2 aromatic carbocycles. The Hall–Kier alpha value is -2.04. The van der Waals surface area contributed by atoms with Crippen molar-refractivity contribution < 1.29 is 4.79 Å². The number of benzene rings is 2. The van der Waals surface area contributed by atoms with Crippen LogP contribution in [0.25, 0.3) is 0 Å². The summed E-state index contributed by atoms with van der Waals surface area (Å²) in [6.45, 7) is 3.55. The monoisotopic (exact) mass is 345 g/mol. The first-order valence-electron chi connectivity index (χ1n) is 8.03. The van der Waals surface area contributed by atoms with Gasteiger partial charge in [0.05, 0.1) is 11.3 Å². The molecule has 4 nitrogen and oxygen atoms in total. The molecule has 5 heteroatoms. The molecule has 0 atom stereocenters. The second-order valence-electron chi connectivity index (χ2n) is 6.00. The number of anilines is 2. The molecule has 0 saturated carbocycles. The molecule has 0 unspecified atom stereocenters. The largest absolute Gasteiger partial charge is 0.355 e. The van der Waals surface area contributed by atoms with E-state index in [1.54, 1.807) is 0 Å². The van der Waals surface area contributed by atoms with Gasteiger partial charge in [-0.3, -0.25) is 4.79 Å². The van der Waals surface area contributed by atoms with Gasteiger partial charge in [0.15, 0.2) is 0 Å². The van der Waals surface area contributed by atoms with Crippen molar-refractivity contribution in [3.8, 4) is 0 Å². The van der Waals surface area contributed by atoms with E-state index in [-0.39, 0.29) is 5.91 Å². The summed E-state index contributed by atoms with van der Waals surface area (Å²) >= 11 is 6.17. The van der Waals surface area contributed by atoms with Gasteiger partial charge in [-0.25, -0.2) is 0 Å². The first kappa shape index (κ1) is 18.3. The summed E-state index contributed by atoms with van der Waals surface area (Å²) in [5.41, 5.74) is 3.26. The highest BCUT2D eigenvalue weighted by atomic mass is 35.5. The van der Waals surface area contributed by atoms with Gasteiger partial charge in [-0.15, -0.1) is 0 Å². The molecule has 128 valence electrons. The number of nitrogens with one attached hydrogen (secondary N) is 2. The van der Waals surface area contributed by atoms with Crippen LogP contribution >= 0.6 is 11.6 Å². The van der Waals surface area contributed by atoms with E-state index >= 15 is 0 Å². The van der Waals surface area contributed by atoms with E-state index in [0.29, 0.717) is 17.1 Å². The van der Waals surface area contributed by atoms with Crippen molar-refractivity contribution in [1.82, 2.24) is 10.2 Å².